The van der Waals surface area contributed by atoms with E-state index in [1.807, 2.05) is 6.07 Å². The summed E-state index contributed by atoms with van der Waals surface area (Å²) in [5.74, 6) is 0.435. The lowest BCUT2D eigenvalue weighted by Crippen LogP contribution is -2.33. The maximum Gasteiger partial charge on any atom is 0.124 e. The Balaban J connectivity index is 2.67. The van der Waals surface area contributed by atoms with E-state index in [9.17, 15) is 4.39 Å². The lowest BCUT2D eigenvalue weighted by molar-refractivity contribution is 0.380. The van der Waals surface area contributed by atoms with E-state index < -0.39 is 0 Å². The van der Waals surface area contributed by atoms with Crippen molar-refractivity contribution in [2.45, 2.75) is 58.9 Å². The highest BCUT2D eigenvalue weighted by atomic mass is 35.5. The van der Waals surface area contributed by atoms with Crippen LogP contribution in [0.25, 0.3) is 0 Å². The molecule has 0 aliphatic heterocycles. The highest BCUT2D eigenvalue weighted by Gasteiger charge is 2.14. The standard InChI is InChI=1S/C17H27ClFN/c1-4-6-13(3)10-16(20-9-5-2)11-14-7-8-15(19)12-17(14)18/h7-8,12-13,16,20H,4-6,9-11H2,1-3H3. The molecule has 0 bridgehead atoms. The van der Waals surface area contributed by atoms with Gasteiger partial charge >= 0.3 is 0 Å². The molecule has 0 saturated heterocycles. The zero-order chi connectivity index (χ0) is 15.0. The van der Waals surface area contributed by atoms with Gasteiger partial charge in [-0.3, -0.25) is 0 Å². The topological polar surface area (TPSA) is 12.0 Å². The third-order valence-electron chi connectivity index (χ3n) is 3.63. The molecular formula is C17H27ClFN. The van der Waals surface area contributed by atoms with Crippen molar-refractivity contribution in [3.05, 3.63) is 34.6 Å². The lowest BCUT2D eigenvalue weighted by Gasteiger charge is -2.22. The minimum absolute atomic E-state index is 0.267. The van der Waals surface area contributed by atoms with Crippen molar-refractivity contribution in [2.75, 3.05) is 6.54 Å². The molecule has 0 aromatic heterocycles. The maximum absolute atomic E-state index is 13.1. The van der Waals surface area contributed by atoms with Gasteiger partial charge in [-0.2, -0.15) is 0 Å². The molecule has 114 valence electrons. The minimum Gasteiger partial charge on any atom is -0.314 e. The quantitative estimate of drug-likeness (QED) is 0.659. The molecule has 0 heterocycles. The Labute approximate surface area is 127 Å². The first kappa shape index (κ1) is 17.5. The third-order valence-corrected chi connectivity index (χ3v) is 3.98. The molecule has 20 heavy (non-hydrogen) atoms. The summed E-state index contributed by atoms with van der Waals surface area (Å²) in [7, 11) is 0. The predicted molar refractivity (Wildman–Crippen MR) is 85.9 cm³/mol. The number of hydrogen-bond acceptors (Lipinski definition) is 1. The monoisotopic (exact) mass is 299 g/mol. The van der Waals surface area contributed by atoms with Crippen LogP contribution in [0.15, 0.2) is 18.2 Å². The van der Waals surface area contributed by atoms with Gasteiger partial charge in [0.05, 0.1) is 0 Å². The Kier molecular flexibility index (Phi) is 8.16. The van der Waals surface area contributed by atoms with E-state index in [0.29, 0.717) is 17.0 Å². The van der Waals surface area contributed by atoms with Gasteiger partial charge in [-0.15, -0.1) is 0 Å². The van der Waals surface area contributed by atoms with Crippen molar-refractivity contribution in [3.63, 3.8) is 0 Å². The Hall–Kier alpha value is -0.600. The number of nitrogens with one attached hydrogen (secondary N) is 1. The smallest absolute Gasteiger partial charge is 0.124 e. The van der Waals surface area contributed by atoms with Crippen LogP contribution in [-0.2, 0) is 6.42 Å². The molecule has 3 heteroatoms. The average molecular weight is 300 g/mol. The maximum atomic E-state index is 13.1. The fraction of sp³-hybridized carbons (Fsp3) is 0.647. The first-order valence-corrected chi connectivity index (χ1v) is 8.11. The Morgan fingerprint density at radius 1 is 1.25 bits per heavy atom. The van der Waals surface area contributed by atoms with Gasteiger partial charge in [0.15, 0.2) is 0 Å². The van der Waals surface area contributed by atoms with Crippen molar-refractivity contribution in [3.8, 4) is 0 Å². The molecular weight excluding hydrogens is 273 g/mol. The van der Waals surface area contributed by atoms with Crippen LogP contribution >= 0.6 is 11.6 Å². The number of hydrogen-bond donors (Lipinski definition) is 1. The van der Waals surface area contributed by atoms with Crippen molar-refractivity contribution < 1.29 is 4.39 Å². The van der Waals surface area contributed by atoms with Crippen molar-refractivity contribution in [1.29, 1.82) is 0 Å². The molecule has 1 N–H and O–H groups in total. The predicted octanol–water partition coefficient (Wildman–Crippen LogP) is 5.22. The summed E-state index contributed by atoms with van der Waals surface area (Å²) in [5.41, 5.74) is 1.03. The molecule has 1 rings (SSSR count). The molecule has 0 radical (unpaired) electrons. The molecule has 0 spiro atoms. The zero-order valence-electron chi connectivity index (χ0n) is 12.9. The zero-order valence-corrected chi connectivity index (χ0v) is 13.6. The second-order valence-corrected chi connectivity index (χ2v) is 6.13. The molecule has 1 aromatic carbocycles. The summed E-state index contributed by atoms with van der Waals surface area (Å²) in [6.07, 6.45) is 5.60. The summed E-state index contributed by atoms with van der Waals surface area (Å²) in [6.45, 7) is 7.71. The van der Waals surface area contributed by atoms with Crippen LogP contribution in [0, 0.1) is 11.7 Å². The van der Waals surface area contributed by atoms with Crippen LogP contribution in [0.5, 0.6) is 0 Å². The lowest BCUT2D eigenvalue weighted by atomic mass is 9.93. The Morgan fingerprint density at radius 3 is 2.60 bits per heavy atom. The first-order valence-electron chi connectivity index (χ1n) is 7.74. The minimum atomic E-state index is -0.267. The number of benzene rings is 1. The van der Waals surface area contributed by atoms with Gasteiger partial charge in [-0.05, 0) is 49.4 Å². The third kappa shape index (κ3) is 6.23. The van der Waals surface area contributed by atoms with Crippen molar-refractivity contribution in [1.82, 2.24) is 5.32 Å². The largest absolute Gasteiger partial charge is 0.314 e. The summed E-state index contributed by atoms with van der Waals surface area (Å²) < 4.78 is 13.1. The van der Waals surface area contributed by atoms with Crippen molar-refractivity contribution in [2.24, 2.45) is 5.92 Å². The molecule has 0 aliphatic carbocycles. The van der Waals surface area contributed by atoms with E-state index in [0.717, 1.165) is 31.4 Å². The summed E-state index contributed by atoms with van der Waals surface area (Å²) in [5, 5.41) is 4.14. The molecule has 1 nitrogen and oxygen atoms in total. The van der Waals surface area contributed by atoms with Gasteiger partial charge in [-0.1, -0.05) is 51.3 Å². The summed E-state index contributed by atoms with van der Waals surface area (Å²) in [4.78, 5) is 0. The molecule has 2 unspecified atom stereocenters. The highest BCUT2D eigenvalue weighted by molar-refractivity contribution is 6.31. The fourth-order valence-corrected chi connectivity index (χ4v) is 2.88. The molecule has 2 atom stereocenters. The molecule has 1 aromatic rings. The second-order valence-electron chi connectivity index (χ2n) is 5.72. The van der Waals surface area contributed by atoms with Crippen LogP contribution in [-0.4, -0.2) is 12.6 Å². The fourth-order valence-electron chi connectivity index (χ4n) is 2.64. The van der Waals surface area contributed by atoms with E-state index in [-0.39, 0.29) is 5.82 Å². The van der Waals surface area contributed by atoms with Gasteiger partial charge < -0.3 is 5.32 Å². The van der Waals surface area contributed by atoms with Crippen molar-refractivity contribution >= 4 is 11.6 Å². The van der Waals surface area contributed by atoms with E-state index in [2.05, 4.69) is 26.1 Å². The van der Waals surface area contributed by atoms with Gasteiger partial charge in [0.25, 0.3) is 0 Å². The van der Waals surface area contributed by atoms with Crippen LogP contribution in [0.4, 0.5) is 4.39 Å². The van der Waals surface area contributed by atoms with E-state index in [1.165, 1.54) is 25.0 Å². The molecule has 0 aliphatic rings. The SMILES string of the molecule is CCCNC(Cc1ccc(F)cc1Cl)CC(C)CCC. The average Bonchev–Trinajstić information content (AvgIpc) is 2.39. The van der Waals surface area contributed by atoms with E-state index >= 15 is 0 Å². The van der Waals surface area contributed by atoms with Gasteiger partial charge in [0, 0.05) is 11.1 Å². The Bertz CT molecular complexity index is 395. The van der Waals surface area contributed by atoms with Crippen LogP contribution < -0.4 is 5.32 Å². The molecule has 0 fully saturated rings. The van der Waals surface area contributed by atoms with Crippen LogP contribution in [0.1, 0.15) is 52.0 Å². The highest BCUT2D eigenvalue weighted by Crippen LogP contribution is 2.22. The van der Waals surface area contributed by atoms with Crippen LogP contribution in [0.2, 0.25) is 5.02 Å². The van der Waals surface area contributed by atoms with Gasteiger partial charge in [-0.25, -0.2) is 4.39 Å². The van der Waals surface area contributed by atoms with Gasteiger partial charge in [0.2, 0.25) is 0 Å². The second kappa shape index (κ2) is 9.36. The molecule has 0 saturated carbocycles. The first-order chi connectivity index (χ1) is 9.56. The normalized spacial score (nSPS) is 14.2. The Morgan fingerprint density at radius 2 is 2.00 bits per heavy atom. The van der Waals surface area contributed by atoms with Gasteiger partial charge in [0.1, 0.15) is 5.82 Å². The number of rotatable bonds is 9. The summed E-state index contributed by atoms with van der Waals surface area (Å²) in [6, 6.07) is 5.12. The van der Waals surface area contributed by atoms with E-state index in [1.54, 1.807) is 0 Å². The van der Waals surface area contributed by atoms with E-state index in [4.69, 9.17) is 11.6 Å². The van der Waals surface area contributed by atoms with Crippen LogP contribution in [0.3, 0.4) is 0 Å². The number of halogens is 2. The summed E-state index contributed by atoms with van der Waals surface area (Å²) >= 11 is 6.14. The molecule has 0 amide bonds.